The van der Waals surface area contributed by atoms with Crippen LogP contribution in [0.25, 0.3) is 0 Å². The van der Waals surface area contributed by atoms with E-state index in [0.717, 1.165) is 83.5 Å². The van der Waals surface area contributed by atoms with Crippen LogP contribution in [0.3, 0.4) is 0 Å². The first-order valence-corrected chi connectivity index (χ1v) is 21.0. The van der Waals surface area contributed by atoms with Crippen molar-refractivity contribution in [3.05, 3.63) is 72.9 Å². The maximum Gasteiger partial charge on any atom is 0.362 e. The third kappa shape index (κ3) is 34.5. The molecule has 0 heterocycles. The number of carboxylic acids is 1. The molecule has 308 valence electrons. The highest BCUT2D eigenvalue weighted by Crippen LogP contribution is 2.12. The lowest BCUT2D eigenvalue weighted by atomic mass is 10.1. The van der Waals surface area contributed by atoms with E-state index < -0.39 is 18.1 Å². The van der Waals surface area contributed by atoms with Gasteiger partial charge in [-0.3, -0.25) is 9.59 Å². The Balaban J connectivity index is 4.49. The van der Waals surface area contributed by atoms with Crippen LogP contribution in [-0.2, 0) is 28.6 Å². The van der Waals surface area contributed by atoms with Crippen molar-refractivity contribution in [2.24, 2.45) is 0 Å². The second kappa shape index (κ2) is 36.7. The second-order valence-corrected chi connectivity index (χ2v) is 14.9. The second-order valence-electron chi connectivity index (χ2n) is 14.9. The van der Waals surface area contributed by atoms with Gasteiger partial charge in [-0.2, -0.15) is 0 Å². The molecule has 0 amide bonds. The molecule has 1 N–H and O–H groups in total. The minimum Gasteiger partial charge on any atom is -0.477 e. The minimum atomic E-state index is -0.887. The molecular formula is C46H78NO7+. The molecule has 0 saturated heterocycles. The van der Waals surface area contributed by atoms with Crippen molar-refractivity contribution in [3.8, 4) is 0 Å². The Labute approximate surface area is 330 Å². The fraction of sp³-hybridized carbons (Fsp3) is 0.674. The molecule has 0 aromatic carbocycles. The van der Waals surface area contributed by atoms with Crippen molar-refractivity contribution in [1.29, 1.82) is 0 Å². The van der Waals surface area contributed by atoms with E-state index in [1.807, 2.05) is 21.1 Å². The smallest absolute Gasteiger partial charge is 0.362 e. The van der Waals surface area contributed by atoms with E-state index in [2.05, 4.69) is 86.8 Å². The van der Waals surface area contributed by atoms with Gasteiger partial charge in [-0.1, -0.05) is 119 Å². The van der Waals surface area contributed by atoms with Crippen molar-refractivity contribution in [2.45, 2.75) is 161 Å². The standard InChI is InChI=1S/C46H77NO7/c1-6-8-10-12-14-16-18-20-22-24-26-28-30-32-34-36-44(48)53-41-42(40-52-39-38-43(46(50)51)47(3,4)5)54-45(49)37-35-33-31-29-27-25-23-21-19-17-15-13-11-9-7-2/h9,11,14-17,20-23,27,29,42-43H,6-8,10,12-13,18-19,24-26,28,30-41H2,1-5H3/p+1/b11-9-,16-14-,17-15-,22-20-,23-21-,29-27-. The molecule has 0 radical (unpaired) electrons. The first-order valence-electron chi connectivity index (χ1n) is 21.0. The molecule has 0 fully saturated rings. The number of hydrogen-bond donors (Lipinski definition) is 1. The van der Waals surface area contributed by atoms with Gasteiger partial charge in [-0.05, 0) is 83.5 Å². The number of carbonyl (C=O) groups excluding carboxylic acids is 2. The largest absolute Gasteiger partial charge is 0.477 e. The SMILES string of the molecule is CC/C=C\C/C=C\C/C=C\C/C=C\CCCCC(=O)OC(COCCC(C(=O)O)[N+](C)(C)C)COC(=O)CCCCCCC/C=C\C/C=C\CCCCC. The third-order valence-electron chi connectivity index (χ3n) is 8.84. The van der Waals surface area contributed by atoms with Crippen molar-refractivity contribution < 1.29 is 38.2 Å². The monoisotopic (exact) mass is 757 g/mol. The Morgan fingerprint density at radius 1 is 0.574 bits per heavy atom. The molecule has 0 saturated carbocycles. The summed E-state index contributed by atoms with van der Waals surface area (Å²) in [6, 6.07) is -0.627. The van der Waals surface area contributed by atoms with Gasteiger partial charge in [0.25, 0.3) is 0 Å². The Hall–Kier alpha value is -3.23. The van der Waals surface area contributed by atoms with E-state index in [1.54, 1.807) is 0 Å². The summed E-state index contributed by atoms with van der Waals surface area (Å²) in [6.45, 7) is 4.51. The number of carbonyl (C=O) groups is 3. The molecule has 0 bridgehead atoms. The Bertz CT molecular complexity index is 1110. The number of likely N-dealkylation sites (N-methyl/N-ethyl adjacent to an activating group) is 1. The van der Waals surface area contributed by atoms with E-state index in [4.69, 9.17) is 14.2 Å². The molecule has 0 spiro atoms. The van der Waals surface area contributed by atoms with Gasteiger partial charge in [-0.25, -0.2) is 4.79 Å². The summed E-state index contributed by atoms with van der Waals surface area (Å²) < 4.78 is 17.2. The van der Waals surface area contributed by atoms with Crippen molar-refractivity contribution in [1.82, 2.24) is 0 Å². The van der Waals surface area contributed by atoms with Gasteiger partial charge in [0.05, 0.1) is 34.4 Å². The summed E-state index contributed by atoms with van der Waals surface area (Å²) in [7, 11) is 5.49. The normalized spacial score (nSPS) is 13.7. The number of rotatable bonds is 36. The third-order valence-corrected chi connectivity index (χ3v) is 8.84. The number of allylic oxidation sites excluding steroid dienone is 12. The predicted octanol–water partition coefficient (Wildman–Crippen LogP) is 11.2. The quantitative estimate of drug-likeness (QED) is 0.0294. The lowest BCUT2D eigenvalue weighted by Gasteiger charge is -2.31. The molecule has 8 heteroatoms. The summed E-state index contributed by atoms with van der Waals surface area (Å²) in [6.07, 6.45) is 45.2. The molecule has 0 aromatic heterocycles. The number of ether oxygens (including phenoxy) is 3. The maximum atomic E-state index is 12.7. The highest BCUT2D eigenvalue weighted by molar-refractivity contribution is 5.72. The molecule has 0 aliphatic rings. The molecule has 2 unspecified atom stereocenters. The van der Waals surface area contributed by atoms with Gasteiger partial charge in [-0.15, -0.1) is 0 Å². The topological polar surface area (TPSA) is 99.1 Å². The van der Waals surface area contributed by atoms with Crippen molar-refractivity contribution >= 4 is 17.9 Å². The molecule has 2 atom stereocenters. The first-order chi connectivity index (χ1) is 26.1. The van der Waals surface area contributed by atoms with Crippen LogP contribution in [0.15, 0.2) is 72.9 Å². The van der Waals surface area contributed by atoms with Gasteiger partial charge >= 0.3 is 17.9 Å². The summed E-state index contributed by atoms with van der Waals surface area (Å²) in [4.78, 5) is 36.9. The lowest BCUT2D eigenvalue weighted by molar-refractivity contribution is -0.887. The number of hydrogen-bond acceptors (Lipinski definition) is 6. The zero-order valence-corrected chi connectivity index (χ0v) is 34.9. The number of esters is 2. The highest BCUT2D eigenvalue weighted by atomic mass is 16.6. The van der Waals surface area contributed by atoms with Crippen LogP contribution in [-0.4, -0.2) is 80.6 Å². The molecule has 54 heavy (non-hydrogen) atoms. The summed E-state index contributed by atoms with van der Waals surface area (Å²) in [5, 5.41) is 9.60. The molecular weight excluding hydrogens is 679 g/mol. The average molecular weight is 757 g/mol. The zero-order valence-electron chi connectivity index (χ0n) is 34.9. The molecule has 8 nitrogen and oxygen atoms in total. The van der Waals surface area contributed by atoms with Crippen molar-refractivity contribution in [3.63, 3.8) is 0 Å². The minimum absolute atomic E-state index is 0.0359. The van der Waals surface area contributed by atoms with Crippen LogP contribution in [0.2, 0.25) is 0 Å². The van der Waals surface area contributed by atoms with Crippen LogP contribution in [0, 0.1) is 0 Å². The van der Waals surface area contributed by atoms with Gasteiger partial charge in [0.2, 0.25) is 0 Å². The van der Waals surface area contributed by atoms with Gasteiger partial charge in [0, 0.05) is 19.3 Å². The number of unbranched alkanes of at least 4 members (excludes halogenated alkanes) is 10. The van der Waals surface area contributed by atoms with E-state index in [1.165, 1.54) is 25.7 Å². The Morgan fingerprint density at radius 3 is 1.57 bits per heavy atom. The Kier molecular flexibility index (Phi) is 34.5. The Morgan fingerprint density at radius 2 is 1.04 bits per heavy atom. The van der Waals surface area contributed by atoms with Crippen LogP contribution in [0.4, 0.5) is 0 Å². The van der Waals surface area contributed by atoms with Gasteiger partial charge < -0.3 is 23.8 Å². The molecule has 0 aliphatic heterocycles. The zero-order chi connectivity index (χ0) is 40.0. The molecule has 0 aromatic rings. The number of carboxylic acid groups (broad SMARTS) is 1. The summed E-state index contributed by atoms with van der Waals surface area (Å²) in [5.41, 5.74) is 0. The number of aliphatic carboxylic acids is 1. The van der Waals surface area contributed by atoms with Crippen LogP contribution >= 0.6 is 0 Å². The van der Waals surface area contributed by atoms with E-state index in [9.17, 15) is 19.5 Å². The summed E-state index contributed by atoms with van der Waals surface area (Å²) >= 11 is 0. The highest BCUT2D eigenvalue weighted by Gasteiger charge is 2.31. The van der Waals surface area contributed by atoms with Crippen LogP contribution in [0.5, 0.6) is 0 Å². The van der Waals surface area contributed by atoms with Crippen LogP contribution < -0.4 is 0 Å². The molecule has 0 rings (SSSR count). The number of nitrogens with zero attached hydrogens (tertiary/aromatic N) is 1. The van der Waals surface area contributed by atoms with Gasteiger partial charge in [0.15, 0.2) is 12.1 Å². The summed E-state index contributed by atoms with van der Waals surface area (Å²) in [5.74, 6) is -1.55. The fourth-order valence-electron chi connectivity index (χ4n) is 5.58. The predicted molar refractivity (Wildman–Crippen MR) is 224 cm³/mol. The van der Waals surface area contributed by atoms with Gasteiger partial charge in [0.1, 0.15) is 6.61 Å². The van der Waals surface area contributed by atoms with E-state index >= 15 is 0 Å². The maximum absolute atomic E-state index is 12.7. The lowest BCUT2D eigenvalue weighted by Crippen LogP contribution is -2.50. The molecule has 0 aliphatic carbocycles. The van der Waals surface area contributed by atoms with Crippen LogP contribution in [0.1, 0.15) is 149 Å². The average Bonchev–Trinajstić information content (AvgIpc) is 3.12. The van der Waals surface area contributed by atoms with E-state index in [-0.39, 0.29) is 42.7 Å². The van der Waals surface area contributed by atoms with Crippen molar-refractivity contribution in [2.75, 3.05) is 41.0 Å². The van der Waals surface area contributed by atoms with E-state index in [0.29, 0.717) is 19.3 Å². The number of quaternary nitrogens is 1. The first kappa shape index (κ1) is 50.8. The fourth-order valence-corrected chi connectivity index (χ4v) is 5.58.